The van der Waals surface area contributed by atoms with Crippen molar-refractivity contribution in [2.75, 3.05) is 6.54 Å². The number of nitrogens with two attached hydrogens (primary N) is 2. The van der Waals surface area contributed by atoms with E-state index in [1.165, 1.54) is 0 Å². The summed E-state index contributed by atoms with van der Waals surface area (Å²) in [5.41, 5.74) is 10.2. The van der Waals surface area contributed by atoms with Crippen LogP contribution in [0.5, 0.6) is 0 Å². The number of amides is 2. The maximum atomic E-state index is 11.1. The van der Waals surface area contributed by atoms with Gasteiger partial charge in [0.15, 0.2) is 0 Å². The van der Waals surface area contributed by atoms with Crippen molar-refractivity contribution in [1.29, 1.82) is 0 Å². The van der Waals surface area contributed by atoms with E-state index in [1.54, 1.807) is 0 Å². The van der Waals surface area contributed by atoms with E-state index in [0.29, 0.717) is 13.0 Å². The molecule has 1 unspecified atom stereocenters. The van der Waals surface area contributed by atoms with Crippen molar-refractivity contribution in [2.24, 2.45) is 11.5 Å². The Morgan fingerprint density at radius 1 is 1.62 bits per heavy atom. The summed E-state index contributed by atoms with van der Waals surface area (Å²) in [4.78, 5) is 21.8. The summed E-state index contributed by atoms with van der Waals surface area (Å²) in [6.45, 7) is 0.635. The third-order valence-corrected chi connectivity index (χ3v) is 2.21. The van der Waals surface area contributed by atoms with Gasteiger partial charge < -0.3 is 16.8 Å². The van der Waals surface area contributed by atoms with Gasteiger partial charge in [0.25, 0.3) is 0 Å². The van der Waals surface area contributed by atoms with Gasteiger partial charge in [-0.25, -0.2) is 0 Å². The summed E-state index contributed by atoms with van der Waals surface area (Å²) in [7, 11) is 0. The van der Waals surface area contributed by atoms with E-state index >= 15 is 0 Å². The lowest BCUT2D eigenvalue weighted by Crippen LogP contribution is -2.45. The SMILES string of the molecule is NC(=O)CC1(N)CCCNC(=O)C1. The van der Waals surface area contributed by atoms with Crippen LogP contribution in [0.4, 0.5) is 0 Å². The summed E-state index contributed by atoms with van der Waals surface area (Å²) >= 11 is 0. The molecule has 0 spiro atoms. The Labute approximate surface area is 76.8 Å². The summed E-state index contributed by atoms with van der Waals surface area (Å²) in [5.74, 6) is -0.543. The minimum atomic E-state index is -0.730. The standard InChI is InChI=1S/C8H15N3O2/c9-6(12)4-8(10)2-1-3-11-7(13)5-8/h1-5,10H2,(H2,9,12)(H,11,13). The quantitative estimate of drug-likeness (QED) is 0.507. The average Bonchev–Trinajstić information content (AvgIpc) is 2.09. The molecule has 74 valence electrons. The summed E-state index contributed by atoms with van der Waals surface area (Å²) in [6, 6.07) is 0. The van der Waals surface area contributed by atoms with Gasteiger partial charge in [-0.3, -0.25) is 9.59 Å². The van der Waals surface area contributed by atoms with Gasteiger partial charge in [-0.05, 0) is 12.8 Å². The monoisotopic (exact) mass is 185 g/mol. The van der Waals surface area contributed by atoms with Crippen LogP contribution < -0.4 is 16.8 Å². The molecule has 0 saturated carbocycles. The molecular weight excluding hydrogens is 170 g/mol. The minimum absolute atomic E-state index is 0.0837. The van der Waals surface area contributed by atoms with Crippen molar-refractivity contribution >= 4 is 11.8 Å². The third-order valence-electron chi connectivity index (χ3n) is 2.21. The maximum Gasteiger partial charge on any atom is 0.221 e. The number of hydrogen-bond donors (Lipinski definition) is 3. The first-order valence-corrected chi connectivity index (χ1v) is 4.36. The lowest BCUT2D eigenvalue weighted by molar-refractivity contribution is -0.122. The second-order valence-corrected chi connectivity index (χ2v) is 3.64. The Kier molecular flexibility index (Phi) is 2.87. The molecule has 0 bridgehead atoms. The Morgan fingerprint density at radius 3 is 2.92 bits per heavy atom. The molecule has 1 saturated heterocycles. The topological polar surface area (TPSA) is 98.2 Å². The molecule has 0 radical (unpaired) electrons. The molecule has 0 aliphatic carbocycles. The Hall–Kier alpha value is -1.10. The summed E-state index contributed by atoms with van der Waals surface area (Å²) in [6.07, 6.45) is 1.74. The minimum Gasteiger partial charge on any atom is -0.370 e. The molecule has 1 atom stereocenters. The average molecular weight is 185 g/mol. The van der Waals surface area contributed by atoms with E-state index in [0.717, 1.165) is 6.42 Å². The molecule has 5 nitrogen and oxygen atoms in total. The molecule has 1 aliphatic rings. The van der Waals surface area contributed by atoms with Gasteiger partial charge in [0.05, 0.1) is 0 Å². The second-order valence-electron chi connectivity index (χ2n) is 3.64. The van der Waals surface area contributed by atoms with Crippen LogP contribution in [0, 0.1) is 0 Å². The lowest BCUT2D eigenvalue weighted by Gasteiger charge is -2.24. The first-order valence-electron chi connectivity index (χ1n) is 4.36. The molecule has 5 N–H and O–H groups in total. The Morgan fingerprint density at radius 2 is 2.31 bits per heavy atom. The Bertz CT molecular complexity index is 229. The number of hydrogen-bond acceptors (Lipinski definition) is 3. The van der Waals surface area contributed by atoms with Crippen LogP contribution in [-0.4, -0.2) is 23.9 Å². The highest BCUT2D eigenvalue weighted by molar-refractivity contribution is 5.80. The molecule has 1 heterocycles. The normalized spacial score (nSPS) is 29.2. The van der Waals surface area contributed by atoms with Crippen LogP contribution >= 0.6 is 0 Å². The van der Waals surface area contributed by atoms with E-state index in [1.807, 2.05) is 0 Å². The van der Waals surface area contributed by atoms with Gasteiger partial charge in [0.2, 0.25) is 11.8 Å². The van der Waals surface area contributed by atoms with Gasteiger partial charge in [-0.15, -0.1) is 0 Å². The Balaban J connectivity index is 2.63. The third kappa shape index (κ3) is 3.02. The van der Waals surface area contributed by atoms with Crippen molar-refractivity contribution in [3.8, 4) is 0 Å². The molecule has 0 aromatic heterocycles. The zero-order valence-electron chi connectivity index (χ0n) is 7.51. The van der Waals surface area contributed by atoms with Crippen molar-refractivity contribution in [3.63, 3.8) is 0 Å². The van der Waals surface area contributed by atoms with Gasteiger partial charge in [-0.1, -0.05) is 0 Å². The number of carbonyl (C=O) groups excluding carboxylic acids is 2. The van der Waals surface area contributed by atoms with E-state index in [4.69, 9.17) is 11.5 Å². The van der Waals surface area contributed by atoms with Crippen LogP contribution in [0.15, 0.2) is 0 Å². The number of rotatable bonds is 2. The van der Waals surface area contributed by atoms with E-state index < -0.39 is 11.4 Å². The summed E-state index contributed by atoms with van der Waals surface area (Å²) in [5, 5.41) is 2.70. The summed E-state index contributed by atoms with van der Waals surface area (Å²) < 4.78 is 0. The van der Waals surface area contributed by atoms with Crippen molar-refractivity contribution < 1.29 is 9.59 Å². The second kappa shape index (κ2) is 3.74. The van der Waals surface area contributed by atoms with E-state index in [9.17, 15) is 9.59 Å². The molecule has 0 aromatic carbocycles. The van der Waals surface area contributed by atoms with Crippen molar-refractivity contribution in [2.45, 2.75) is 31.2 Å². The van der Waals surface area contributed by atoms with Crippen molar-refractivity contribution in [1.82, 2.24) is 5.32 Å². The molecule has 1 aliphatic heterocycles. The maximum absolute atomic E-state index is 11.1. The van der Waals surface area contributed by atoms with Crippen LogP contribution in [0.1, 0.15) is 25.7 Å². The number of nitrogens with one attached hydrogen (secondary N) is 1. The predicted molar refractivity (Wildman–Crippen MR) is 47.6 cm³/mol. The number of carbonyl (C=O) groups is 2. The van der Waals surface area contributed by atoms with E-state index in [-0.39, 0.29) is 18.7 Å². The molecule has 1 rings (SSSR count). The fourth-order valence-electron chi connectivity index (χ4n) is 1.64. The van der Waals surface area contributed by atoms with Gasteiger partial charge >= 0.3 is 0 Å². The van der Waals surface area contributed by atoms with Gasteiger partial charge in [0, 0.05) is 24.9 Å². The fraction of sp³-hybridized carbons (Fsp3) is 0.750. The van der Waals surface area contributed by atoms with Crippen LogP contribution in [0.3, 0.4) is 0 Å². The largest absolute Gasteiger partial charge is 0.370 e. The number of primary amides is 1. The molecule has 2 amide bonds. The van der Waals surface area contributed by atoms with E-state index in [2.05, 4.69) is 5.32 Å². The van der Waals surface area contributed by atoms with Gasteiger partial charge in [-0.2, -0.15) is 0 Å². The molecule has 1 fully saturated rings. The van der Waals surface area contributed by atoms with Crippen LogP contribution in [0.25, 0.3) is 0 Å². The zero-order chi connectivity index (χ0) is 9.90. The van der Waals surface area contributed by atoms with Crippen LogP contribution in [0.2, 0.25) is 0 Å². The predicted octanol–water partition coefficient (Wildman–Crippen LogP) is -1.14. The molecular formula is C8H15N3O2. The fourth-order valence-corrected chi connectivity index (χ4v) is 1.64. The highest BCUT2D eigenvalue weighted by Gasteiger charge is 2.31. The smallest absolute Gasteiger partial charge is 0.221 e. The zero-order valence-corrected chi connectivity index (χ0v) is 7.51. The first kappa shape index (κ1) is 9.98. The van der Waals surface area contributed by atoms with Crippen molar-refractivity contribution in [3.05, 3.63) is 0 Å². The molecule has 13 heavy (non-hydrogen) atoms. The lowest BCUT2D eigenvalue weighted by atomic mass is 9.88. The first-order chi connectivity index (χ1) is 6.02. The van der Waals surface area contributed by atoms with Crippen LogP contribution in [-0.2, 0) is 9.59 Å². The highest BCUT2D eigenvalue weighted by atomic mass is 16.2. The molecule has 5 heteroatoms. The van der Waals surface area contributed by atoms with Gasteiger partial charge in [0.1, 0.15) is 0 Å². The molecule has 0 aromatic rings. The highest BCUT2D eigenvalue weighted by Crippen LogP contribution is 2.20.